The quantitative estimate of drug-likeness (QED) is 0.736. The highest BCUT2D eigenvalue weighted by Crippen LogP contribution is 2.22. The van der Waals surface area contributed by atoms with Gasteiger partial charge in [-0.25, -0.2) is 0 Å². The Morgan fingerprint density at radius 3 is 2.30 bits per heavy atom. The molecule has 110 valence electrons. The van der Waals surface area contributed by atoms with Crippen LogP contribution in [-0.4, -0.2) is 19.3 Å². The highest BCUT2D eigenvalue weighted by atomic mass is 16.6. The number of ether oxygens (including phenoxy) is 2. The van der Waals surface area contributed by atoms with Crippen LogP contribution in [0.15, 0.2) is 36.4 Å². The number of rotatable bonds is 3. The Labute approximate surface area is 122 Å². The summed E-state index contributed by atoms with van der Waals surface area (Å²) in [4.78, 5) is 0. The molecule has 2 nitrogen and oxygen atoms in total. The molecule has 20 heavy (non-hydrogen) atoms. The summed E-state index contributed by atoms with van der Waals surface area (Å²) in [6.45, 7) is 11.6. The molecule has 0 bridgehead atoms. The second-order valence-electron chi connectivity index (χ2n) is 4.28. The standard InChI is InChI=1S/C14H14O2.2C2H6/c1-10-2-3-11-4-5-13(7-12(11)6-10)15-8-14-9-16-14;2*1-2/h2-7,14H,8-9H2,1H3;2*1-2H3. The lowest BCUT2D eigenvalue weighted by Gasteiger charge is -2.06. The zero-order chi connectivity index (χ0) is 15.0. The minimum absolute atomic E-state index is 0.313. The van der Waals surface area contributed by atoms with Crippen LogP contribution in [0, 0.1) is 6.92 Å². The van der Waals surface area contributed by atoms with Crippen molar-refractivity contribution in [2.75, 3.05) is 13.2 Å². The number of benzene rings is 2. The van der Waals surface area contributed by atoms with Gasteiger partial charge in [0.05, 0.1) is 6.61 Å². The summed E-state index contributed by atoms with van der Waals surface area (Å²) < 4.78 is 10.8. The molecule has 1 heterocycles. The van der Waals surface area contributed by atoms with Gasteiger partial charge in [0.1, 0.15) is 18.5 Å². The van der Waals surface area contributed by atoms with Crippen molar-refractivity contribution < 1.29 is 9.47 Å². The fraction of sp³-hybridized carbons (Fsp3) is 0.444. The second-order valence-corrected chi connectivity index (χ2v) is 4.28. The van der Waals surface area contributed by atoms with E-state index in [1.165, 1.54) is 16.3 Å². The van der Waals surface area contributed by atoms with Gasteiger partial charge < -0.3 is 9.47 Å². The minimum Gasteiger partial charge on any atom is -0.491 e. The van der Waals surface area contributed by atoms with Crippen LogP contribution in [0.5, 0.6) is 5.75 Å². The van der Waals surface area contributed by atoms with Crippen LogP contribution >= 0.6 is 0 Å². The Balaban J connectivity index is 0.000000461. The zero-order valence-electron chi connectivity index (χ0n) is 13.3. The van der Waals surface area contributed by atoms with Gasteiger partial charge in [-0.05, 0) is 29.8 Å². The average Bonchev–Trinajstić information content (AvgIpc) is 3.33. The van der Waals surface area contributed by atoms with Gasteiger partial charge in [-0.15, -0.1) is 0 Å². The Hall–Kier alpha value is -1.54. The molecule has 1 saturated heterocycles. The lowest BCUT2D eigenvalue weighted by atomic mass is 10.1. The average molecular weight is 274 g/mol. The van der Waals surface area contributed by atoms with Crippen molar-refractivity contribution in [3.8, 4) is 5.75 Å². The Bertz CT molecular complexity index is 516. The van der Waals surface area contributed by atoms with E-state index in [2.05, 4.69) is 37.3 Å². The van der Waals surface area contributed by atoms with Crippen molar-refractivity contribution >= 4 is 10.8 Å². The molecule has 1 unspecified atom stereocenters. The third-order valence-electron chi connectivity index (χ3n) is 2.81. The van der Waals surface area contributed by atoms with Crippen LogP contribution < -0.4 is 4.74 Å². The molecule has 0 saturated carbocycles. The van der Waals surface area contributed by atoms with Crippen molar-refractivity contribution in [2.24, 2.45) is 0 Å². The van der Waals surface area contributed by atoms with Crippen molar-refractivity contribution in [3.63, 3.8) is 0 Å². The Morgan fingerprint density at radius 1 is 1.00 bits per heavy atom. The van der Waals surface area contributed by atoms with Crippen LogP contribution in [0.1, 0.15) is 33.3 Å². The highest BCUT2D eigenvalue weighted by Gasteiger charge is 2.22. The van der Waals surface area contributed by atoms with Gasteiger partial charge in [0.25, 0.3) is 0 Å². The SMILES string of the molecule is CC.CC.Cc1ccc2ccc(OCC3CO3)cc2c1. The van der Waals surface area contributed by atoms with E-state index in [4.69, 9.17) is 9.47 Å². The van der Waals surface area contributed by atoms with Crippen molar-refractivity contribution in [1.82, 2.24) is 0 Å². The molecule has 3 rings (SSSR count). The molecule has 2 heteroatoms. The van der Waals surface area contributed by atoms with Crippen molar-refractivity contribution in [1.29, 1.82) is 0 Å². The maximum Gasteiger partial charge on any atom is 0.120 e. The van der Waals surface area contributed by atoms with E-state index in [1.807, 2.05) is 33.8 Å². The third-order valence-corrected chi connectivity index (χ3v) is 2.81. The van der Waals surface area contributed by atoms with Gasteiger partial charge in [-0.1, -0.05) is 57.5 Å². The topological polar surface area (TPSA) is 21.8 Å². The number of hydrogen-bond donors (Lipinski definition) is 0. The largest absolute Gasteiger partial charge is 0.491 e. The van der Waals surface area contributed by atoms with E-state index in [0.29, 0.717) is 12.7 Å². The Kier molecular flexibility index (Phi) is 7.10. The molecule has 0 aromatic heterocycles. The van der Waals surface area contributed by atoms with Crippen LogP contribution in [0.25, 0.3) is 10.8 Å². The maximum atomic E-state index is 5.65. The normalized spacial score (nSPS) is 15.6. The number of fused-ring (bicyclic) bond motifs is 1. The molecule has 0 aliphatic carbocycles. The van der Waals surface area contributed by atoms with E-state index in [0.717, 1.165) is 12.4 Å². The van der Waals surface area contributed by atoms with Crippen LogP contribution in [-0.2, 0) is 4.74 Å². The van der Waals surface area contributed by atoms with Gasteiger partial charge in [-0.2, -0.15) is 0 Å². The second kappa shape index (κ2) is 8.60. The monoisotopic (exact) mass is 274 g/mol. The minimum atomic E-state index is 0.313. The maximum absolute atomic E-state index is 5.65. The first kappa shape index (κ1) is 16.5. The highest BCUT2D eigenvalue weighted by molar-refractivity contribution is 5.84. The molecule has 2 aromatic carbocycles. The smallest absolute Gasteiger partial charge is 0.120 e. The predicted molar refractivity (Wildman–Crippen MR) is 86.6 cm³/mol. The molecular weight excluding hydrogens is 248 g/mol. The molecule has 1 atom stereocenters. The molecule has 0 radical (unpaired) electrons. The van der Waals surface area contributed by atoms with E-state index >= 15 is 0 Å². The number of hydrogen-bond acceptors (Lipinski definition) is 2. The van der Waals surface area contributed by atoms with E-state index < -0.39 is 0 Å². The summed E-state index contributed by atoms with van der Waals surface area (Å²) in [5.41, 5.74) is 1.27. The molecule has 0 spiro atoms. The van der Waals surface area contributed by atoms with Gasteiger partial charge in [0.2, 0.25) is 0 Å². The molecule has 1 aliphatic rings. The van der Waals surface area contributed by atoms with Crippen molar-refractivity contribution in [2.45, 2.75) is 40.7 Å². The molecular formula is C18H26O2. The van der Waals surface area contributed by atoms with Gasteiger partial charge in [0.15, 0.2) is 0 Å². The third kappa shape index (κ3) is 4.86. The molecule has 0 amide bonds. The fourth-order valence-electron chi connectivity index (χ4n) is 1.79. The van der Waals surface area contributed by atoms with Crippen molar-refractivity contribution in [3.05, 3.63) is 42.0 Å². The van der Waals surface area contributed by atoms with Gasteiger partial charge in [0, 0.05) is 0 Å². The summed E-state index contributed by atoms with van der Waals surface area (Å²) in [5, 5.41) is 2.48. The fourth-order valence-corrected chi connectivity index (χ4v) is 1.79. The first-order chi connectivity index (χ1) is 9.81. The van der Waals surface area contributed by atoms with Crippen LogP contribution in [0.3, 0.4) is 0 Å². The van der Waals surface area contributed by atoms with Crippen LogP contribution in [0.2, 0.25) is 0 Å². The van der Waals surface area contributed by atoms with E-state index in [-0.39, 0.29) is 0 Å². The molecule has 1 aliphatic heterocycles. The first-order valence-electron chi connectivity index (χ1n) is 7.56. The summed E-state index contributed by atoms with van der Waals surface area (Å²) in [7, 11) is 0. The van der Waals surface area contributed by atoms with E-state index in [1.54, 1.807) is 0 Å². The van der Waals surface area contributed by atoms with E-state index in [9.17, 15) is 0 Å². The zero-order valence-corrected chi connectivity index (χ0v) is 13.3. The summed E-state index contributed by atoms with van der Waals surface area (Å²) in [5.74, 6) is 0.925. The number of aryl methyl sites for hydroxylation is 1. The van der Waals surface area contributed by atoms with Gasteiger partial charge >= 0.3 is 0 Å². The first-order valence-corrected chi connectivity index (χ1v) is 7.56. The Morgan fingerprint density at radius 2 is 1.65 bits per heavy atom. The molecule has 2 aromatic rings. The lowest BCUT2D eigenvalue weighted by Crippen LogP contribution is -2.03. The molecule has 0 N–H and O–H groups in total. The lowest BCUT2D eigenvalue weighted by molar-refractivity contribution is 0.263. The summed E-state index contributed by atoms with van der Waals surface area (Å²) >= 11 is 0. The van der Waals surface area contributed by atoms with Crippen LogP contribution in [0.4, 0.5) is 0 Å². The predicted octanol–water partition coefficient (Wildman–Crippen LogP) is 4.98. The number of epoxide rings is 1. The molecule has 1 fully saturated rings. The van der Waals surface area contributed by atoms with Gasteiger partial charge in [-0.3, -0.25) is 0 Å². The summed E-state index contributed by atoms with van der Waals surface area (Å²) in [6.07, 6.45) is 0.313. The summed E-state index contributed by atoms with van der Waals surface area (Å²) in [6, 6.07) is 12.6.